The maximum atomic E-state index is 12.1. The van der Waals surface area contributed by atoms with Gasteiger partial charge in [-0.25, -0.2) is 4.79 Å². The Morgan fingerprint density at radius 1 is 1.18 bits per heavy atom. The topological polar surface area (TPSA) is 95.4 Å². The third kappa shape index (κ3) is 4.62. The minimum absolute atomic E-state index is 0.0817. The first-order valence-electron chi connectivity index (χ1n) is 9.25. The van der Waals surface area contributed by atoms with Crippen LogP contribution in [-0.4, -0.2) is 34.2 Å². The van der Waals surface area contributed by atoms with Crippen LogP contribution in [0, 0.1) is 6.92 Å². The van der Waals surface area contributed by atoms with Crippen molar-refractivity contribution in [2.75, 3.05) is 0 Å². The maximum absolute atomic E-state index is 12.1. The van der Waals surface area contributed by atoms with Gasteiger partial charge in [-0.05, 0) is 44.9 Å². The Hall–Kier alpha value is -2.60. The van der Waals surface area contributed by atoms with Gasteiger partial charge >= 0.3 is 5.63 Å². The van der Waals surface area contributed by atoms with Gasteiger partial charge in [-0.2, -0.15) is 0 Å². The van der Waals surface area contributed by atoms with E-state index in [-0.39, 0.29) is 29.1 Å². The molecule has 3 rings (SSSR count). The smallest absolute Gasteiger partial charge is 0.348 e. The average Bonchev–Trinajstić information content (AvgIpc) is 2.62. The number of hydrogen-bond acceptors (Lipinski definition) is 6. The number of phenols is 1. The monoisotopic (exact) mass is 402 g/mol. The van der Waals surface area contributed by atoms with E-state index in [1.165, 1.54) is 12.1 Å². The Bertz CT molecular complexity index is 981. The number of hydrogen-bond donors (Lipinski definition) is 2. The van der Waals surface area contributed by atoms with Crippen molar-refractivity contribution in [1.82, 2.24) is 0 Å². The first-order valence-corrected chi connectivity index (χ1v) is 9.63. The molecule has 0 aliphatic heterocycles. The van der Waals surface area contributed by atoms with Crippen LogP contribution in [0.15, 0.2) is 43.5 Å². The minimum atomic E-state index is -0.599. The van der Waals surface area contributed by atoms with Gasteiger partial charge in [0.1, 0.15) is 22.8 Å². The number of aromatic hydroxyl groups is 2. The molecule has 1 aromatic heterocycles. The summed E-state index contributed by atoms with van der Waals surface area (Å²) in [6.07, 6.45) is 5.36. The summed E-state index contributed by atoms with van der Waals surface area (Å²) < 4.78 is 5.09. The van der Waals surface area contributed by atoms with E-state index in [1.807, 2.05) is 0 Å². The van der Waals surface area contributed by atoms with E-state index in [9.17, 15) is 15.0 Å². The Labute approximate surface area is 168 Å². The molecule has 0 spiro atoms. The number of halogens is 1. The molecule has 7 heteroatoms. The summed E-state index contributed by atoms with van der Waals surface area (Å²) in [5.41, 5.74) is 0.475. The van der Waals surface area contributed by atoms with Gasteiger partial charge < -0.3 is 14.6 Å². The molecule has 0 saturated heterocycles. The molecule has 0 amide bonds. The van der Waals surface area contributed by atoms with Crippen molar-refractivity contribution < 1.29 is 14.6 Å². The van der Waals surface area contributed by atoms with Gasteiger partial charge in [-0.15, -0.1) is 0 Å². The Morgan fingerprint density at radius 3 is 2.61 bits per heavy atom. The Morgan fingerprint density at radius 2 is 1.89 bits per heavy atom. The van der Waals surface area contributed by atoms with Crippen LogP contribution in [0.5, 0.6) is 11.5 Å². The second kappa shape index (κ2) is 8.61. The highest BCUT2D eigenvalue weighted by Gasteiger charge is 2.25. The molecule has 28 heavy (non-hydrogen) atoms. The van der Waals surface area contributed by atoms with E-state index in [4.69, 9.17) is 16.0 Å². The van der Waals surface area contributed by atoms with Crippen LogP contribution in [0.4, 0.5) is 0 Å². The van der Waals surface area contributed by atoms with Gasteiger partial charge in [0, 0.05) is 22.9 Å². The van der Waals surface area contributed by atoms with Gasteiger partial charge in [0.15, 0.2) is 0 Å². The molecule has 2 N–H and O–H groups in total. The zero-order valence-corrected chi connectivity index (χ0v) is 16.6. The second-order valence-corrected chi connectivity index (χ2v) is 7.46. The van der Waals surface area contributed by atoms with Crippen molar-refractivity contribution in [3.05, 3.63) is 56.6 Å². The van der Waals surface area contributed by atoms with E-state index in [0.717, 1.165) is 25.7 Å². The van der Waals surface area contributed by atoms with Crippen LogP contribution in [-0.2, 0) is 0 Å². The lowest BCUT2D eigenvalue weighted by Crippen LogP contribution is -2.28. The second-order valence-electron chi connectivity index (χ2n) is 7.02. The summed E-state index contributed by atoms with van der Waals surface area (Å²) in [7, 11) is 0. The lowest BCUT2D eigenvalue weighted by molar-refractivity contribution is 0.388. The molecule has 1 aliphatic rings. The van der Waals surface area contributed by atoms with Crippen molar-refractivity contribution in [2.24, 2.45) is 9.98 Å². The summed E-state index contributed by atoms with van der Waals surface area (Å²) in [5, 5.41) is 20.6. The number of aliphatic imine (C=N–C) groups is 2. The van der Waals surface area contributed by atoms with Gasteiger partial charge in [-0.1, -0.05) is 24.4 Å². The summed E-state index contributed by atoms with van der Waals surface area (Å²) in [6.45, 7) is 3.30. The van der Waals surface area contributed by atoms with Gasteiger partial charge in [-0.3, -0.25) is 9.98 Å². The van der Waals surface area contributed by atoms with Crippen LogP contribution in [0.2, 0.25) is 5.02 Å². The predicted molar refractivity (Wildman–Crippen MR) is 110 cm³/mol. The Kier molecular flexibility index (Phi) is 6.19. The minimum Gasteiger partial charge on any atom is -0.507 e. The van der Waals surface area contributed by atoms with Crippen LogP contribution < -0.4 is 5.63 Å². The van der Waals surface area contributed by atoms with Crippen LogP contribution >= 0.6 is 11.6 Å². The van der Waals surface area contributed by atoms with Crippen LogP contribution in [0.25, 0.3) is 0 Å². The fourth-order valence-electron chi connectivity index (χ4n) is 3.46. The third-order valence-electron chi connectivity index (χ3n) is 4.86. The molecule has 0 bridgehead atoms. The number of rotatable bonds is 4. The summed E-state index contributed by atoms with van der Waals surface area (Å²) in [4.78, 5) is 21.4. The van der Waals surface area contributed by atoms with Crippen LogP contribution in [0.1, 0.15) is 49.5 Å². The van der Waals surface area contributed by atoms with E-state index in [1.54, 1.807) is 32.2 Å². The SMILES string of the molecule is CC(=N[C@@H]1CCCC[C@H]1N=Cc1cc(Cl)ccc1O)c1c(O)cc(C)oc1=O. The van der Waals surface area contributed by atoms with E-state index >= 15 is 0 Å². The normalized spacial score (nSPS) is 20.6. The van der Waals surface area contributed by atoms with Crippen LogP contribution in [0.3, 0.4) is 0 Å². The maximum Gasteiger partial charge on any atom is 0.348 e. The fraction of sp³-hybridized carbons (Fsp3) is 0.381. The molecule has 1 aromatic carbocycles. The summed E-state index contributed by atoms with van der Waals surface area (Å²) >= 11 is 5.99. The third-order valence-corrected chi connectivity index (χ3v) is 5.10. The van der Waals surface area contributed by atoms with E-state index < -0.39 is 5.63 Å². The molecule has 1 fully saturated rings. The molecule has 1 aliphatic carbocycles. The highest BCUT2D eigenvalue weighted by Crippen LogP contribution is 2.26. The zero-order valence-electron chi connectivity index (χ0n) is 15.9. The lowest BCUT2D eigenvalue weighted by Gasteiger charge is -2.26. The number of aryl methyl sites for hydroxylation is 1. The first kappa shape index (κ1) is 20.1. The summed E-state index contributed by atoms with van der Waals surface area (Å²) in [6, 6.07) is 6.01. The molecule has 0 radical (unpaired) electrons. The number of nitrogens with zero attached hydrogens (tertiary/aromatic N) is 2. The largest absolute Gasteiger partial charge is 0.507 e. The van der Waals surface area contributed by atoms with Crippen molar-refractivity contribution in [3.8, 4) is 11.5 Å². The molecule has 0 unspecified atom stereocenters. The first-order chi connectivity index (χ1) is 13.3. The molecular weight excluding hydrogens is 380 g/mol. The quantitative estimate of drug-likeness (QED) is 0.747. The van der Waals surface area contributed by atoms with E-state index in [2.05, 4.69) is 9.98 Å². The average molecular weight is 403 g/mol. The molecule has 2 atom stereocenters. The molecular formula is C21H23ClN2O4. The van der Waals surface area contributed by atoms with Gasteiger partial charge in [0.2, 0.25) is 0 Å². The van der Waals surface area contributed by atoms with Crippen molar-refractivity contribution in [1.29, 1.82) is 0 Å². The number of phenolic OH excluding ortho intramolecular Hbond substituents is 1. The predicted octanol–water partition coefficient (Wildman–Crippen LogP) is 4.25. The Balaban J connectivity index is 1.87. The fourth-order valence-corrected chi connectivity index (χ4v) is 3.64. The lowest BCUT2D eigenvalue weighted by atomic mass is 9.91. The molecule has 1 saturated carbocycles. The number of benzene rings is 1. The molecule has 1 heterocycles. The van der Waals surface area contributed by atoms with E-state index in [0.29, 0.717) is 22.1 Å². The zero-order chi connectivity index (χ0) is 20.3. The van der Waals surface area contributed by atoms with Crippen molar-refractivity contribution in [3.63, 3.8) is 0 Å². The summed E-state index contributed by atoms with van der Waals surface area (Å²) in [5.74, 6) is 0.331. The standard InChI is InChI=1S/C21H23ClN2O4/c1-12-9-19(26)20(21(27)28-12)13(2)24-17-6-4-3-5-16(17)23-11-14-10-15(22)7-8-18(14)25/h7-11,16-17,25-26H,3-6H2,1-2H3/t16-,17-/m1/s1. The highest BCUT2D eigenvalue weighted by atomic mass is 35.5. The van der Waals surface area contributed by atoms with Gasteiger partial charge in [0.05, 0.1) is 17.8 Å². The molecule has 148 valence electrons. The molecule has 2 aromatic rings. The molecule has 6 nitrogen and oxygen atoms in total. The van der Waals surface area contributed by atoms with Crippen molar-refractivity contribution in [2.45, 2.75) is 51.6 Å². The highest BCUT2D eigenvalue weighted by molar-refractivity contribution is 6.30. The van der Waals surface area contributed by atoms with Crippen molar-refractivity contribution >= 4 is 23.5 Å². The van der Waals surface area contributed by atoms with Gasteiger partial charge in [0.25, 0.3) is 0 Å².